The average molecular weight is 199 g/mol. The van der Waals surface area contributed by atoms with Crippen molar-refractivity contribution >= 4 is 9.39 Å². The van der Waals surface area contributed by atoms with Gasteiger partial charge in [-0.25, -0.2) is 0 Å². The van der Waals surface area contributed by atoms with Crippen LogP contribution >= 0.6 is 9.39 Å². The van der Waals surface area contributed by atoms with Crippen molar-refractivity contribution in [2.45, 2.75) is 37.6 Å². The molecule has 74 valence electrons. The van der Waals surface area contributed by atoms with Gasteiger partial charge in [0.15, 0.2) is 0 Å². The number of rotatable bonds is 2. The van der Waals surface area contributed by atoms with E-state index in [4.69, 9.17) is 0 Å². The highest BCUT2D eigenvalue weighted by molar-refractivity contribution is 7.13. The molecule has 4 saturated carbocycles. The van der Waals surface area contributed by atoms with Crippen molar-refractivity contribution in [3.05, 3.63) is 0 Å². The van der Waals surface area contributed by atoms with E-state index in [1.165, 1.54) is 32.1 Å². The SMILES string of the molecule is OCC12CC3CC(C1)C(NP)(C3)C2. The number of hydrogen-bond donors (Lipinski definition) is 2. The van der Waals surface area contributed by atoms with Crippen molar-refractivity contribution < 1.29 is 5.11 Å². The molecule has 0 aliphatic heterocycles. The largest absolute Gasteiger partial charge is 0.396 e. The van der Waals surface area contributed by atoms with Crippen molar-refractivity contribution in [3.63, 3.8) is 0 Å². The van der Waals surface area contributed by atoms with Gasteiger partial charge in [0.2, 0.25) is 0 Å². The highest BCUT2D eigenvalue weighted by atomic mass is 31.0. The lowest BCUT2D eigenvalue weighted by molar-refractivity contribution is 0.0577. The second-order valence-electron chi connectivity index (χ2n) is 5.55. The van der Waals surface area contributed by atoms with Gasteiger partial charge in [0.1, 0.15) is 0 Å². The van der Waals surface area contributed by atoms with Gasteiger partial charge in [-0.2, -0.15) is 0 Å². The third-order valence-corrected chi connectivity index (χ3v) is 5.34. The van der Waals surface area contributed by atoms with Crippen molar-refractivity contribution in [3.8, 4) is 0 Å². The quantitative estimate of drug-likeness (QED) is 0.657. The molecule has 4 aliphatic rings. The van der Waals surface area contributed by atoms with Gasteiger partial charge in [0.05, 0.1) is 0 Å². The Bertz CT molecular complexity index is 245. The third kappa shape index (κ3) is 0.948. The van der Waals surface area contributed by atoms with Gasteiger partial charge in [-0.1, -0.05) is 9.39 Å². The number of aliphatic hydroxyl groups excluding tert-OH is 1. The minimum Gasteiger partial charge on any atom is -0.396 e. The Kier molecular flexibility index (Phi) is 1.65. The maximum Gasteiger partial charge on any atom is 0.0488 e. The monoisotopic (exact) mass is 199 g/mol. The Labute approximate surface area is 81.7 Å². The third-order valence-electron chi connectivity index (χ3n) is 4.77. The van der Waals surface area contributed by atoms with Crippen LogP contribution < -0.4 is 5.09 Å². The van der Waals surface area contributed by atoms with Crippen LogP contribution in [-0.2, 0) is 0 Å². The van der Waals surface area contributed by atoms with Crippen molar-refractivity contribution in [1.29, 1.82) is 0 Å². The molecule has 2 N–H and O–H groups in total. The zero-order valence-corrected chi connectivity index (χ0v) is 9.08. The first-order valence-electron chi connectivity index (χ1n) is 5.31. The number of aliphatic hydroxyl groups is 1. The number of hydrogen-bond acceptors (Lipinski definition) is 2. The maximum atomic E-state index is 9.48. The molecular formula is C10H18NOP. The van der Waals surface area contributed by atoms with Gasteiger partial charge in [0.25, 0.3) is 0 Å². The van der Waals surface area contributed by atoms with Gasteiger partial charge < -0.3 is 5.11 Å². The molecule has 0 spiro atoms. The Morgan fingerprint density at radius 2 is 2.23 bits per heavy atom. The maximum absolute atomic E-state index is 9.48. The highest BCUT2D eigenvalue weighted by Gasteiger charge is 2.63. The molecule has 4 aliphatic carbocycles. The van der Waals surface area contributed by atoms with Crippen molar-refractivity contribution in [1.82, 2.24) is 5.09 Å². The molecule has 5 atom stereocenters. The fourth-order valence-electron chi connectivity index (χ4n) is 4.49. The predicted octanol–water partition coefficient (Wildman–Crippen LogP) is 1.31. The number of nitrogens with one attached hydrogen (secondary N) is 1. The van der Waals surface area contributed by atoms with E-state index in [0.717, 1.165) is 11.8 Å². The first-order valence-corrected chi connectivity index (χ1v) is 5.88. The summed E-state index contributed by atoms with van der Waals surface area (Å²) < 4.78 is 0. The molecule has 0 aromatic heterocycles. The molecule has 0 aromatic carbocycles. The van der Waals surface area contributed by atoms with Crippen LogP contribution in [-0.4, -0.2) is 17.3 Å². The smallest absolute Gasteiger partial charge is 0.0488 e. The summed E-state index contributed by atoms with van der Waals surface area (Å²) in [5, 5.41) is 12.9. The Morgan fingerprint density at radius 1 is 1.38 bits per heavy atom. The van der Waals surface area contributed by atoms with E-state index in [0.29, 0.717) is 17.6 Å². The van der Waals surface area contributed by atoms with Crippen LogP contribution in [0.1, 0.15) is 32.1 Å². The van der Waals surface area contributed by atoms with Crippen molar-refractivity contribution in [2.75, 3.05) is 6.61 Å². The summed E-state index contributed by atoms with van der Waals surface area (Å²) in [5.74, 6) is 1.74. The first-order chi connectivity index (χ1) is 6.22. The van der Waals surface area contributed by atoms with E-state index < -0.39 is 0 Å². The standard InChI is InChI=1S/C10H18NOP/c12-6-9-2-7-1-8(4-9)10(3-7,5-9)11-13/h7-8,11-12H,1-6,13H2. The second-order valence-corrected chi connectivity index (χ2v) is 5.84. The fourth-order valence-corrected chi connectivity index (χ4v) is 4.94. The lowest BCUT2D eigenvalue weighted by atomic mass is 9.69. The average Bonchev–Trinajstić information content (AvgIpc) is 2.51. The van der Waals surface area contributed by atoms with Crippen LogP contribution in [0, 0.1) is 17.3 Å². The van der Waals surface area contributed by atoms with Gasteiger partial charge >= 0.3 is 0 Å². The molecule has 0 saturated heterocycles. The highest BCUT2D eigenvalue weighted by Crippen LogP contribution is 2.66. The van der Waals surface area contributed by atoms with E-state index in [1.54, 1.807) is 0 Å². The Morgan fingerprint density at radius 3 is 2.85 bits per heavy atom. The molecule has 4 fully saturated rings. The van der Waals surface area contributed by atoms with E-state index >= 15 is 0 Å². The summed E-state index contributed by atoms with van der Waals surface area (Å²) in [4.78, 5) is 0. The van der Waals surface area contributed by atoms with Crippen LogP contribution in [0.4, 0.5) is 0 Å². The Balaban J connectivity index is 1.97. The van der Waals surface area contributed by atoms with Crippen LogP contribution in [0.3, 0.4) is 0 Å². The summed E-state index contributed by atoms with van der Waals surface area (Å²) in [5.41, 5.74) is 0.686. The molecule has 4 rings (SSSR count). The van der Waals surface area contributed by atoms with Gasteiger partial charge in [-0.3, -0.25) is 5.09 Å². The molecule has 3 heteroatoms. The molecule has 0 amide bonds. The van der Waals surface area contributed by atoms with E-state index in [1.807, 2.05) is 0 Å². The van der Waals surface area contributed by atoms with E-state index in [2.05, 4.69) is 14.5 Å². The van der Waals surface area contributed by atoms with Crippen LogP contribution in [0.15, 0.2) is 0 Å². The van der Waals surface area contributed by atoms with Crippen molar-refractivity contribution in [2.24, 2.45) is 17.3 Å². The molecule has 13 heavy (non-hydrogen) atoms. The van der Waals surface area contributed by atoms with E-state index in [9.17, 15) is 5.11 Å². The van der Waals surface area contributed by atoms with Gasteiger partial charge in [-0.05, 0) is 49.4 Å². The van der Waals surface area contributed by atoms with Gasteiger partial charge in [0, 0.05) is 12.1 Å². The van der Waals surface area contributed by atoms with Crippen LogP contribution in [0.5, 0.6) is 0 Å². The summed E-state index contributed by atoms with van der Waals surface area (Å²) in [6.07, 6.45) is 6.52. The minimum absolute atomic E-state index is 0.301. The van der Waals surface area contributed by atoms with E-state index in [-0.39, 0.29) is 0 Å². The lowest BCUT2D eigenvalue weighted by Gasteiger charge is -2.39. The lowest BCUT2D eigenvalue weighted by Crippen LogP contribution is -2.43. The Hall–Kier alpha value is 0.350. The normalized spacial score (nSPS) is 57.7. The van der Waals surface area contributed by atoms with Crippen LogP contribution in [0.2, 0.25) is 0 Å². The fraction of sp³-hybridized carbons (Fsp3) is 1.00. The molecule has 0 heterocycles. The molecule has 2 nitrogen and oxygen atoms in total. The molecule has 0 radical (unpaired) electrons. The topological polar surface area (TPSA) is 32.3 Å². The zero-order chi connectivity index (χ0) is 9.10. The molecule has 4 bridgehead atoms. The zero-order valence-electron chi connectivity index (χ0n) is 7.92. The first kappa shape index (κ1) is 8.64. The summed E-state index contributed by atoms with van der Waals surface area (Å²) in [6.45, 7) is 0.411. The summed E-state index contributed by atoms with van der Waals surface area (Å²) in [7, 11) is 2.70. The predicted molar refractivity (Wildman–Crippen MR) is 55.2 cm³/mol. The minimum atomic E-state index is 0.301. The van der Waals surface area contributed by atoms with Crippen LogP contribution in [0.25, 0.3) is 0 Å². The summed E-state index contributed by atoms with van der Waals surface area (Å²) >= 11 is 0. The molecule has 0 aromatic rings. The molecule has 5 unspecified atom stereocenters. The molecular weight excluding hydrogens is 181 g/mol. The summed E-state index contributed by atoms with van der Waals surface area (Å²) in [6, 6.07) is 0. The van der Waals surface area contributed by atoms with Gasteiger partial charge in [-0.15, -0.1) is 0 Å². The second kappa shape index (κ2) is 2.48.